The molecule has 50 valence electrons. The highest BCUT2D eigenvalue weighted by Crippen LogP contribution is 1.96. The number of thiol groups is 1. The molecule has 2 nitrogen and oxygen atoms in total. The average molecular weight is 136 g/mol. The molecule has 0 aromatic rings. The summed E-state index contributed by atoms with van der Waals surface area (Å²) in [5, 5.41) is 8.53. The minimum Gasteiger partial charge on any atom is -0.396 e. The van der Waals surface area contributed by atoms with E-state index in [4.69, 9.17) is 9.84 Å². The smallest absolute Gasteiger partial charge is 0.0520 e. The van der Waals surface area contributed by atoms with Gasteiger partial charge in [0.1, 0.15) is 0 Å². The highest BCUT2D eigenvalue weighted by Gasteiger charge is 2.01. The fourth-order valence-corrected chi connectivity index (χ4v) is 0.620. The predicted molar refractivity (Wildman–Crippen MR) is 36.3 cm³/mol. The number of hydrogen-bond donors (Lipinski definition) is 2. The van der Waals surface area contributed by atoms with Gasteiger partial charge in [-0.05, 0) is 5.75 Å². The first-order valence-electron chi connectivity index (χ1n) is 2.55. The molecule has 0 fully saturated rings. The van der Waals surface area contributed by atoms with Gasteiger partial charge < -0.3 is 9.84 Å². The molecule has 0 radical (unpaired) electrons. The molecule has 0 amide bonds. The van der Waals surface area contributed by atoms with Crippen molar-refractivity contribution in [1.82, 2.24) is 0 Å². The second-order valence-electron chi connectivity index (χ2n) is 1.69. The Labute approximate surface area is 55.3 Å². The summed E-state index contributed by atoms with van der Waals surface area (Å²) in [5.74, 6) is 0.882. The van der Waals surface area contributed by atoms with Crippen molar-refractivity contribution in [3.63, 3.8) is 0 Å². The van der Waals surface area contributed by atoms with Gasteiger partial charge in [-0.1, -0.05) is 0 Å². The zero-order chi connectivity index (χ0) is 6.41. The lowest BCUT2D eigenvalue weighted by molar-refractivity contribution is 0.121. The van der Waals surface area contributed by atoms with Gasteiger partial charge in [-0.15, -0.1) is 0 Å². The van der Waals surface area contributed by atoms with E-state index in [-0.39, 0.29) is 12.5 Å². The quantitative estimate of drug-likeness (QED) is 0.540. The van der Waals surface area contributed by atoms with Crippen molar-refractivity contribution in [2.24, 2.45) is 5.92 Å². The fourth-order valence-electron chi connectivity index (χ4n) is 0.399. The van der Waals surface area contributed by atoms with Gasteiger partial charge >= 0.3 is 0 Å². The molecule has 3 heteroatoms. The van der Waals surface area contributed by atoms with E-state index in [1.807, 2.05) is 0 Å². The summed E-state index contributed by atoms with van der Waals surface area (Å²) in [6.07, 6.45) is 0. The standard InChI is InChI=1S/C5H12O2S/c1-7-3-5(2-6)4-8/h5-6,8H,2-4H2,1H3. The van der Waals surface area contributed by atoms with E-state index in [2.05, 4.69) is 12.6 Å². The van der Waals surface area contributed by atoms with Crippen molar-refractivity contribution in [3.8, 4) is 0 Å². The molecule has 0 aromatic carbocycles. The Kier molecular flexibility index (Phi) is 5.59. The van der Waals surface area contributed by atoms with E-state index in [1.165, 1.54) is 0 Å². The molecule has 0 saturated heterocycles. The van der Waals surface area contributed by atoms with Crippen LogP contribution >= 0.6 is 12.6 Å². The normalized spacial score (nSPS) is 13.9. The monoisotopic (exact) mass is 136 g/mol. The van der Waals surface area contributed by atoms with E-state index < -0.39 is 0 Å². The van der Waals surface area contributed by atoms with Crippen molar-refractivity contribution in [1.29, 1.82) is 0 Å². The van der Waals surface area contributed by atoms with Crippen LogP contribution in [0.5, 0.6) is 0 Å². The highest BCUT2D eigenvalue weighted by molar-refractivity contribution is 7.80. The lowest BCUT2D eigenvalue weighted by Crippen LogP contribution is -2.13. The van der Waals surface area contributed by atoms with Crippen molar-refractivity contribution < 1.29 is 9.84 Å². The average Bonchev–Trinajstić information content (AvgIpc) is 1.83. The van der Waals surface area contributed by atoms with E-state index in [0.717, 1.165) is 0 Å². The summed E-state index contributed by atoms with van der Waals surface area (Å²) in [5.41, 5.74) is 0. The number of aliphatic hydroxyl groups excluding tert-OH is 1. The molecule has 0 bridgehead atoms. The molecule has 0 aliphatic carbocycles. The summed E-state index contributed by atoms with van der Waals surface area (Å²) in [4.78, 5) is 0. The first kappa shape index (κ1) is 8.27. The van der Waals surface area contributed by atoms with Crippen LogP contribution in [-0.4, -0.2) is 31.2 Å². The van der Waals surface area contributed by atoms with Gasteiger partial charge in [0.15, 0.2) is 0 Å². The van der Waals surface area contributed by atoms with Gasteiger partial charge in [-0.3, -0.25) is 0 Å². The molecule has 0 heterocycles. The molecule has 1 N–H and O–H groups in total. The Hall–Kier alpha value is 0.270. The fraction of sp³-hybridized carbons (Fsp3) is 1.00. The Morgan fingerprint density at radius 3 is 2.50 bits per heavy atom. The van der Waals surface area contributed by atoms with E-state index in [0.29, 0.717) is 12.4 Å². The van der Waals surface area contributed by atoms with E-state index in [9.17, 15) is 0 Å². The summed E-state index contributed by atoms with van der Waals surface area (Å²) in [7, 11) is 1.62. The minimum atomic E-state index is 0.164. The molecular weight excluding hydrogens is 124 g/mol. The summed E-state index contributed by atoms with van der Waals surface area (Å²) < 4.78 is 4.78. The lowest BCUT2D eigenvalue weighted by atomic mass is 10.2. The number of hydrogen-bond acceptors (Lipinski definition) is 3. The summed E-state index contributed by atoms with van der Waals surface area (Å²) in [6, 6.07) is 0. The Morgan fingerprint density at radius 1 is 1.75 bits per heavy atom. The summed E-state index contributed by atoms with van der Waals surface area (Å²) in [6.45, 7) is 0.761. The number of methoxy groups -OCH3 is 1. The predicted octanol–water partition coefficient (Wildman–Crippen LogP) is 0.171. The molecule has 0 aliphatic rings. The van der Waals surface area contributed by atoms with Crippen LogP contribution in [0.2, 0.25) is 0 Å². The molecular formula is C5H12O2S. The van der Waals surface area contributed by atoms with Gasteiger partial charge in [-0.2, -0.15) is 12.6 Å². The number of aliphatic hydroxyl groups is 1. The topological polar surface area (TPSA) is 29.5 Å². The Balaban J connectivity index is 3.07. The second-order valence-corrected chi connectivity index (χ2v) is 2.05. The van der Waals surface area contributed by atoms with Crippen molar-refractivity contribution in [2.45, 2.75) is 0 Å². The molecule has 1 atom stereocenters. The third kappa shape index (κ3) is 3.29. The van der Waals surface area contributed by atoms with Gasteiger partial charge in [-0.25, -0.2) is 0 Å². The van der Waals surface area contributed by atoms with Crippen molar-refractivity contribution in [3.05, 3.63) is 0 Å². The van der Waals surface area contributed by atoms with Crippen LogP contribution in [0.3, 0.4) is 0 Å². The first-order valence-corrected chi connectivity index (χ1v) is 3.19. The SMILES string of the molecule is COCC(CO)CS. The number of ether oxygens (including phenoxy) is 1. The largest absolute Gasteiger partial charge is 0.396 e. The van der Waals surface area contributed by atoms with Crippen molar-refractivity contribution in [2.75, 3.05) is 26.1 Å². The molecule has 1 unspecified atom stereocenters. The molecule has 0 aromatic heterocycles. The van der Waals surface area contributed by atoms with Crippen molar-refractivity contribution >= 4 is 12.6 Å². The Morgan fingerprint density at radius 2 is 2.38 bits per heavy atom. The van der Waals surface area contributed by atoms with E-state index in [1.54, 1.807) is 7.11 Å². The van der Waals surface area contributed by atoms with Gasteiger partial charge in [0, 0.05) is 19.6 Å². The third-order valence-electron chi connectivity index (χ3n) is 0.919. The molecule has 0 saturated carbocycles. The maximum atomic E-state index is 8.53. The van der Waals surface area contributed by atoms with Crippen LogP contribution in [0.25, 0.3) is 0 Å². The second kappa shape index (κ2) is 5.41. The van der Waals surface area contributed by atoms with Gasteiger partial charge in [0.2, 0.25) is 0 Å². The zero-order valence-electron chi connectivity index (χ0n) is 5.00. The minimum absolute atomic E-state index is 0.164. The Bertz CT molecular complexity index is 45.7. The third-order valence-corrected chi connectivity index (χ3v) is 1.44. The molecule has 0 spiro atoms. The maximum Gasteiger partial charge on any atom is 0.0520 e. The van der Waals surface area contributed by atoms with E-state index >= 15 is 0 Å². The van der Waals surface area contributed by atoms with Crippen LogP contribution in [0, 0.1) is 5.92 Å². The first-order chi connectivity index (χ1) is 3.85. The van der Waals surface area contributed by atoms with Crippen LogP contribution < -0.4 is 0 Å². The van der Waals surface area contributed by atoms with Crippen LogP contribution in [0.15, 0.2) is 0 Å². The summed E-state index contributed by atoms with van der Waals surface area (Å²) >= 11 is 3.99. The highest BCUT2D eigenvalue weighted by atomic mass is 32.1. The molecule has 8 heavy (non-hydrogen) atoms. The van der Waals surface area contributed by atoms with Crippen LogP contribution in [0.4, 0.5) is 0 Å². The van der Waals surface area contributed by atoms with Gasteiger partial charge in [0.25, 0.3) is 0 Å². The van der Waals surface area contributed by atoms with Crippen LogP contribution in [-0.2, 0) is 4.74 Å². The molecule has 0 rings (SSSR count). The molecule has 0 aliphatic heterocycles. The van der Waals surface area contributed by atoms with Gasteiger partial charge in [0.05, 0.1) is 6.61 Å². The maximum absolute atomic E-state index is 8.53. The van der Waals surface area contributed by atoms with Crippen LogP contribution in [0.1, 0.15) is 0 Å². The number of rotatable bonds is 4. The lowest BCUT2D eigenvalue weighted by Gasteiger charge is -2.07. The zero-order valence-corrected chi connectivity index (χ0v) is 5.90.